The Morgan fingerprint density at radius 1 is 1.35 bits per heavy atom. The number of nitrogens with one attached hydrogen (secondary N) is 1. The van der Waals surface area contributed by atoms with Crippen molar-refractivity contribution in [3.05, 3.63) is 24.3 Å². The zero-order valence-electron chi connectivity index (χ0n) is 9.22. The minimum absolute atomic E-state index is 0.0517. The van der Waals surface area contributed by atoms with Crippen molar-refractivity contribution >= 4 is 21.6 Å². The zero-order chi connectivity index (χ0) is 12.5. The molecule has 1 amide bonds. The summed E-state index contributed by atoms with van der Waals surface area (Å²) in [7, 11) is -3.81. The molecule has 5 nitrogen and oxygen atoms in total. The largest absolute Gasteiger partial charge is 0.325 e. The Kier molecular flexibility index (Phi) is 3.17. The molecule has 17 heavy (non-hydrogen) atoms. The van der Waals surface area contributed by atoms with E-state index in [2.05, 4.69) is 5.32 Å². The number of sulfonamides is 1. The van der Waals surface area contributed by atoms with Crippen LogP contribution in [0.5, 0.6) is 0 Å². The van der Waals surface area contributed by atoms with E-state index in [9.17, 15) is 13.2 Å². The lowest BCUT2D eigenvalue weighted by molar-refractivity contribution is -0.116. The molecule has 0 bridgehead atoms. The summed E-state index contributed by atoms with van der Waals surface area (Å²) in [5.74, 6) is 0.292. The quantitative estimate of drug-likeness (QED) is 0.842. The highest BCUT2D eigenvalue weighted by atomic mass is 32.2. The Hall–Kier alpha value is -1.40. The monoisotopic (exact) mass is 254 g/mol. The standard InChI is InChI=1S/C11H14N2O3S/c12-17(15,16)10-4-2-1-3-9(10)13-11(14)7-8-5-6-8/h1-4,8H,5-7H2,(H,13,14)(H2,12,15,16). The lowest BCUT2D eigenvalue weighted by Crippen LogP contribution is -2.18. The van der Waals surface area contributed by atoms with Gasteiger partial charge in [-0.3, -0.25) is 4.79 Å². The van der Waals surface area contributed by atoms with Crippen LogP contribution in [-0.2, 0) is 14.8 Å². The number of carbonyl (C=O) groups is 1. The third kappa shape index (κ3) is 3.28. The number of carbonyl (C=O) groups excluding carboxylic acids is 1. The Bertz CT molecular complexity index is 535. The van der Waals surface area contributed by atoms with Gasteiger partial charge >= 0.3 is 0 Å². The van der Waals surface area contributed by atoms with Crippen molar-refractivity contribution in [3.63, 3.8) is 0 Å². The molecule has 1 fully saturated rings. The molecule has 2 rings (SSSR count). The minimum atomic E-state index is -3.81. The molecule has 1 aromatic carbocycles. The summed E-state index contributed by atoms with van der Waals surface area (Å²) in [6.07, 6.45) is 2.59. The first-order valence-electron chi connectivity index (χ1n) is 5.38. The highest BCUT2D eigenvalue weighted by molar-refractivity contribution is 7.89. The second-order valence-electron chi connectivity index (χ2n) is 4.24. The van der Waals surface area contributed by atoms with Gasteiger partial charge < -0.3 is 5.32 Å². The Labute approximate surface area is 100 Å². The molecule has 0 heterocycles. The van der Waals surface area contributed by atoms with Gasteiger partial charge in [-0.05, 0) is 30.9 Å². The van der Waals surface area contributed by atoms with Crippen molar-refractivity contribution in [1.29, 1.82) is 0 Å². The van der Waals surface area contributed by atoms with E-state index in [0.29, 0.717) is 12.3 Å². The smallest absolute Gasteiger partial charge is 0.240 e. The first-order valence-corrected chi connectivity index (χ1v) is 6.93. The van der Waals surface area contributed by atoms with Crippen LogP contribution >= 0.6 is 0 Å². The fourth-order valence-electron chi connectivity index (χ4n) is 1.60. The summed E-state index contributed by atoms with van der Waals surface area (Å²) in [6, 6.07) is 6.13. The molecular weight excluding hydrogens is 240 g/mol. The van der Waals surface area contributed by atoms with Gasteiger partial charge in [0.15, 0.2) is 0 Å². The minimum Gasteiger partial charge on any atom is -0.325 e. The highest BCUT2D eigenvalue weighted by Gasteiger charge is 2.25. The molecule has 0 aromatic heterocycles. The maximum atomic E-state index is 11.6. The van der Waals surface area contributed by atoms with E-state index in [0.717, 1.165) is 12.8 Å². The molecule has 6 heteroatoms. The molecule has 0 aliphatic heterocycles. The lowest BCUT2D eigenvalue weighted by atomic mass is 10.2. The molecule has 1 saturated carbocycles. The molecule has 1 aliphatic carbocycles. The van der Waals surface area contributed by atoms with Gasteiger partial charge in [-0.2, -0.15) is 0 Å². The number of primary sulfonamides is 1. The Balaban J connectivity index is 2.17. The molecule has 92 valence electrons. The molecule has 0 spiro atoms. The van der Waals surface area contributed by atoms with E-state index in [1.54, 1.807) is 12.1 Å². The van der Waals surface area contributed by atoms with Gasteiger partial charge in [-0.1, -0.05) is 12.1 Å². The van der Waals surface area contributed by atoms with Crippen molar-refractivity contribution in [3.8, 4) is 0 Å². The maximum Gasteiger partial charge on any atom is 0.240 e. The maximum absolute atomic E-state index is 11.6. The molecule has 0 atom stereocenters. The average molecular weight is 254 g/mol. The van der Waals surface area contributed by atoms with E-state index in [4.69, 9.17) is 5.14 Å². The lowest BCUT2D eigenvalue weighted by Gasteiger charge is -2.08. The number of nitrogens with two attached hydrogens (primary N) is 1. The van der Waals surface area contributed by atoms with E-state index >= 15 is 0 Å². The molecule has 0 saturated heterocycles. The molecule has 0 radical (unpaired) electrons. The summed E-state index contributed by atoms with van der Waals surface area (Å²) in [5.41, 5.74) is 0.251. The summed E-state index contributed by atoms with van der Waals surface area (Å²) in [4.78, 5) is 11.5. The van der Waals surface area contributed by atoms with Crippen molar-refractivity contribution in [2.24, 2.45) is 11.1 Å². The van der Waals surface area contributed by atoms with Crippen LogP contribution < -0.4 is 10.5 Å². The first-order chi connectivity index (χ1) is 7.97. The van der Waals surface area contributed by atoms with Crippen LogP contribution in [0.25, 0.3) is 0 Å². The number of rotatable bonds is 4. The Morgan fingerprint density at radius 2 is 2.00 bits per heavy atom. The van der Waals surface area contributed by atoms with Crippen LogP contribution in [0, 0.1) is 5.92 Å². The van der Waals surface area contributed by atoms with Crippen LogP contribution in [0.15, 0.2) is 29.2 Å². The number of hydrogen-bond donors (Lipinski definition) is 2. The van der Waals surface area contributed by atoms with Gasteiger partial charge in [0.05, 0.1) is 5.69 Å². The van der Waals surface area contributed by atoms with Crippen LogP contribution in [0.1, 0.15) is 19.3 Å². The van der Waals surface area contributed by atoms with Crippen LogP contribution in [0.2, 0.25) is 0 Å². The second kappa shape index (κ2) is 4.46. The number of benzene rings is 1. The first kappa shape index (κ1) is 12.1. The fraction of sp³-hybridized carbons (Fsp3) is 0.364. The number of amides is 1. The molecule has 0 unspecified atom stereocenters. The summed E-state index contributed by atoms with van der Waals surface area (Å²) in [5, 5.41) is 7.66. The average Bonchev–Trinajstić information content (AvgIpc) is 3.00. The van der Waals surface area contributed by atoms with Gasteiger partial charge in [0, 0.05) is 6.42 Å². The van der Waals surface area contributed by atoms with E-state index in [-0.39, 0.29) is 16.5 Å². The third-order valence-electron chi connectivity index (χ3n) is 2.64. The number of hydrogen-bond acceptors (Lipinski definition) is 3. The van der Waals surface area contributed by atoms with Crippen molar-refractivity contribution in [2.75, 3.05) is 5.32 Å². The Morgan fingerprint density at radius 3 is 2.59 bits per heavy atom. The highest BCUT2D eigenvalue weighted by Crippen LogP contribution is 2.32. The van der Waals surface area contributed by atoms with Crippen LogP contribution in [0.3, 0.4) is 0 Å². The van der Waals surface area contributed by atoms with Crippen molar-refractivity contribution < 1.29 is 13.2 Å². The zero-order valence-corrected chi connectivity index (χ0v) is 10.0. The molecule has 3 N–H and O–H groups in total. The van der Waals surface area contributed by atoms with Crippen LogP contribution in [0.4, 0.5) is 5.69 Å². The summed E-state index contributed by atoms with van der Waals surface area (Å²) < 4.78 is 22.6. The summed E-state index contributed by atoms with van der Waals surface area (Å²) in [6.45, 7) is 0. The fourth-order valence-corrected chi connectivity index (χ4v) is 2.30. The van der Waals surface area contributed by atoms with Gasteiger partial charge in [0.25, 0.3) is 0 Å². The normalized spacial score (nSPS) is 15.6. The summed E-state index contributed by atoms with van der Waals surface area (Å²) >= 11 is 0. The van der Waals surface area contributed by atoms with Crippen molar-refractivity contribution in [2.45, 2.75) is 24.2 Å². The molecule has 1 aliphatic rings. The number of anilines is 1. The SMILES string of the molecule is NS(=O)(=O)c1ccccc1NC(=O)CC1CC1. The molecular formula is C11H14N2O3S. The van der Waals surface area contributed by atoms with Crippen molar-refractivity contribution in [1.82, 2.24) is 0 Å². The van der Waals surface area contributed by atoms with Gasteiger partial charge in [0.1, 0.15) is 4.90 Å². The van der Waals surface area contributed by atoms with E-state index in [1.165, 1.54) is 12.1 Å². The van der Waals surface area contributed by atoms with Gasteiger partial charge in [-0.25, -0.2) is 13.6 Å². The topological polar surface area (TPSA) is 89.3 Å². The van der Waals surface area contributed by atoms with E-state index < -0.39 is 10.0 Å². The predicted molar refractivity (Wildman–Crippen MR) is 63.8 cm³/mol. The van der Waals surface area contributed by atoms with Gasteiger partial charge in [-0.15, -0.1) is 0 Å². The van der Waals surface area contributed by atoms with E-state index in [1.807, 2.05) is 0 Å². The number of para-hydroxylation sites is 1. The molecule has 1 aromatic rings. The third-order valence-corrected chi connectivity index (χ3v) is 3.61. The van der Waals surface area contributed by atoms with Crippen LogP contribution in [-0.4, -0.2) is 14.3 Å². The second-order valence-corrected chi connectivity index (χ2v) is 5.77. The van der Waals surface area contributed by atoms with Gasteiger partial charge in [0.2, 0.25) is 15.9 Å². The predicted octanol–water partition coefficient (Wildman–Crippen LogP) is 1.07.